The van der Waals surface area contributed by atoms with Crippen molar-refractivity contribution < 1.29 is 13.9 Å². The van der Waals surface area contributed by atoms with E-state index in [1.54, 1.807) is 13.0 Å². The summed E-state index contributed by atoms with van der Waals surface area (Å²) in [6.45, 7) is 4.04. The molecule has 0 aliphatic carbocycles. The van der Waals surface area contributed by atoms with Crippen molar-refractivity contribution in [1.82, 2.24) is 5.32 Å². The number of halogens is 1. The Morgan fingerprint density at radius 3 is 2.62 bits per heavy atom. The number of benzene rings is 2. The van der Waals surface area contributed by atoms with E-state index in [2.05, 4.69) is 5.32 Å². The maximum Gasteiger partial charge on any atom is 0.336 e. The summed E-state index contributed by atoms with van der Waals surface area (Å²) in [6.07, 6.45) is 0. The molecule has 1 heterocycles. The van der Waals surface area contributed by atoms with Crippen LogP contribution in [0.3, 0.4) is 0 Å². The Morgan fingerprint density at radius 2 is 1.88 bits per heavy atom. The van der Waals surface area contributed by atoms with Crippen LogP contribution in [-0.2, 0) is 11.3 Å². The van der Waals surface area contributed by atoms with Gasteiger partial charge in [0.05, 0.1) is 5.02 Å². The van der Waals surface area contributed by atoms with E-state index in [1.807, 2.05) is 31.2 Å². The van der Waals surface area contributed by atoms with Gasteiger partial charge in [-0.1, -0.05) is 41.4 Å². The topological polar surface area (TPSA) is 68.5 Å². The second-order valence-corrected chi connectivity index (χ2v) is 6.49. The lowest BCUT2D eigenvalue weighted by atomic mass is 10.1. The first-order valence-corrected chi connectivity index (χ1v) is 8.49. The van der Waals surface area contributed by atoms with E-state index in [4.69, 9.17) is 20.8 Å². The van der Waals surface area contributed by atoms with E-state index in [1.165, 1.54) is 12.1 Å². The van der Waals surface area contributed by atoms with Crippen LogP contribution in [-0.4, -0.2) is 12.5 Å². The highest BCUT2D eigenvalue weighted by molar-refractivity contribution is 6.32. The summed E-state index contributed by atoms with van der Waals surface area (Å²) in [5, 5.41) is 3.86. The normalized spacial score (nSPS) is 10.7. The Labute approximate surface area is 155 Å². The summed E-state index contributed by atoms with van der Waals surface area (Å²) in [7, 11) is 0. The molecule has 0 saturated carbocycles. The third-order valence-corrected chi connectivity index (χ3v) is 4.27. The van der Waals surface area contributed by atoms with Gasteiger partial charge in [-0.3, -0.25) is 4.79 Å². The molecule has 1 N–H and O–H groups in total. The third-order valence-electron chi connectivity index (χ3n) is 3.97. The number of amides is 1. The molecule has 0 unspecified atom stereocenters. The molecule has 1 aromatic heterocycles. The van der Waals surface area contributed by atoms with Gasteiger partial charge in [-0.2, -0.15) is 0 Å². The third kappa shape index (κ3) is 4.24. The monoisotopic (exact) mass is 371 g/mol. The van der Waals surface area contributed by atoms with Crippen LogP contribution in [0.15, 0.2) is 51.7 Å². The largest absolute Gasteiger partial charge is 0.482 e. The Morgan fingerprint density at radius 1 is 1.15 bits per heavy atom. The van der Waals surface area contributed by atoms with Crippen molar-refractivity contribution in [2.75, 3.05) is 6.61 Å². The summed E-state index contributed by atoms with van der Waals surface area (Å²) in [5.41, 5.74) is 2.86. The zero-order valence-corrected chi connectivity index (χ0v) is 15.2. The van der Waals surface area contributed by atoms with Crippen molar-refractivity contribution >= 4 is 28.5 Å². The van der Waals surface area contributed by atoms with Crippen LogP contribution < -0.4 is 15.7 Å². The number of carbonyl (C=O) groups excluding carboxylic acids is 1. The van der Waals surface area contributed by atoms with Crippen LogP contribution in [0.4, 0.5) is 0 Å². The van der Waals surface area contributed by atoms with Crippen LogP contribution in [0.5, 0.6) is 5.75 Å². The number of hydrogen-bond acceptors (Lipinski definition) is 4. The van der Waals surface area contributed by atoms with Crippen molar-refractivity contribution in [1.29, 1.82) is 0 Å². The molecule has 0 aliphatic heterocycles. The van der Waals surface area contributed by atoms with Gasteiger partial charge in [-0.05, 0) is 31.0 Å². The molecule has 0 aliphatic rings. The van der Waals surface area contributed by atoms with E-state index >= 15 is 0 Å². The highest BCUT2D eigenvalue weighted by Gasteiger charge is 2.11. The molecule has 2 aromatic carbocycles. The zero-order valence-electron chi connectivity index (χ0n) is 14.5. The van der Waals surface area contributed by atoms with Gasteiger partial charge in [0.15, 0.2) is 6.61 Å². The van der Waals surface area contributed by atoms with Gasteiger partial charge in [0.2, 0.25) is 0 Å². The molecule has 0 spiro atoms. The number of rotatable bonds is 5. The first-order chi connectivity index (χ1) is 12.4. The summed E-state index contributed by atoms with van der Waals surface area (Å²) in [4.78, 5) is 23.5. The minimum absolute atomic E-state index is 0.187. The lowest BCUT2D eigenvalue weighted by molar-refractivity contribution is -0.123. The standard InChI is InChI=1S/C20H18ClNO4/c1-12-3-5-14(6-4-12)10-22-19(23)11-25-18-9-17-15(8-16(18)21)13(2)7-20(24)26-17/h3-9H,10-11H2,1-2H3,(H,22,23). The van der Waals surface area contributed by atoms with Crippen molar-refractivity contribution in [3.05, 3.63) is 74.6 Å². The number of hydrogen-bond donors (Lipinski definition) is 1. The second-order valence-electron chi connectivity index (χ2n) is 6.08. The molecule has 134 valence electrons. The van der Waals surface area contributed by atoms with Gasteiger partial charge in [-0.25, -0.2) is 4.79 Å². The first kappa shape index (κ1) is 18.0. The number of aryl methyl sites for hydroxylation is 2. The van der Waals surface area contributed by atoms with Crippen molar-refractivity contribution in [2.45, 2.75) is 20.4 Å². The van der Waals surface area contributed by atoms with E-state index in [0.29, 0.717) is 22.9 Å². The van der Waals surface area contributed by atoms with Crippen molar-refractivity contribution in [2.24, 2.45) is 0 Å². The molecule has 0 radical (unpaired) electrons. The van der Waals surface area contributed by atoms with E-state index in [-0.39, 0.29) is 12.5 Å². The molecule has 0 atom stereocenters. The highest BCUT2D eigenvalue weighted by atomic mass is 35.5. The number of carbonyl (C=O) groups is 1. The summed E-state index contributed by atoms with van der Waals surface area (Å²) >= 11 is 6.21. The quantitative estimate of drug-likeness (QED) is 0.693. The van der Waals surface area contributed by atoms with Gasteiger partial charge >= 0.3 is 5.63 Å². The fourth-order valence-corrected chi connectivity index (χ4v) is 2.75. The SMILES string of the molecule is Cc1ccc(CNC(=O)COc2cc3oc(=O)cc(C)c3cc2Cl)cc1. The zero-order chi connectivity index (χ0) is 18.7. The molecule has 0 bridgehead atoms. The Kier molecular flexibility index (Phi) is 5.28. The molecule has 6 heteroatoms. The average molecular weight is 372 g/mol. The van der Waals surface area contributed by atoms with Crippen LogP contribution in [0.2, 0.25) is 5.02 Å². The molecular formula is C20H18ClNO4. The first-order valence-electron chi connectivity index (χ1n) is 8.11. The lowest BCUT2D eigenvalue weighted by Gasteiger charge is -2.10. The summed E-state index contributed by atoms with van der Waals surface area (Å²) in [5.74, 6) is 0.0193. The second kappa shape index (κ2) is 7.62. The van der Waals surface area contributed by atoms with Gasteiger partial charge in [-0.15, -0.1) is 0 Å². The number of nitrogens with one attached hydrogen (secondary N) is 1. The van der Waals surface area contributed by atoms with Crippen LogP contribution in [0.25, 0.3) is 11.0 Å². The fourth-order valence-electron chi connectivity index (χ4n) is 2.53. The van der Waals surface area contributed by atoms with Gasteiger partial charge < -0.3 is 14.5 Å². The molecule has 1 amide bonds. The molecule has 3 aromatic rings. The Bertz CT molecular complexity index is 1010. The van der Waals surface area contributed by atoms with Crippen molar-refractivity contribution in [3.8, 4) is 5.75 Å². The molecule has 26 heavy (non-hydrogen) atoms. The number of ether oxygens (including phenoxy) is 1. The summed E-state index contributed by atoms with van der Waals surface area (Å²) in [6, 6.07) is 12.5. The molecule has 0 fully saturated rings. The highest BCUT2D eigenvalue weighted by Crippen LogP contribution is 2.30. The van der Waals surface area contributed by atoms with E-state index < -0.39 is 5.63 Å². The van der Waals surface area contributed by atoms with Gasteiger partial charge in [0.1, 0.15) is 11.3 Å². The van der Waals surface area contributed by atoms with Crippen LogP contribution in [0.1, 0.15) is 16.7 Å². The molecule has 5 nitrogen and oxygen atoms in total. The molecular weight excluding hydrogens is 354 g/mol. The number of fused-ring (bicyclic) bond motifs is 1. The van der Waals surface area contributed by atoms with Gasteiger partial charge in [0.25, 0.3) is 5.91 Å². The smallest absolute Gasteiger partial charge is 0.336 e. The van der Waals surface area contributed by atoms with Gasteiger partial charge in [0, 0.05) is 24.1 Å². The maximum absolute atomic E-state index is 12.0. The molecule has 0 saturated heterocycles. The van der Waals surface area contributed by atoms with Crippen molar-refractivity contribution in [3.63, 3.8) is 0 Å². The lowest BCUT2D eigenvalue weighted by Crippen LogP contribution is -2.28. The molecule has 3 rings (SSSR count). The predicted molar refractivity (Wildman–Crippen MR) is 101 cm³/mol. The fraction of sp³-hybridized carbons (Fsp3) is 0.200. The van der Waals surface area contributed by atoms with E-state index in [0.717, 1.165) is 22.1 Å². The summed E-state index contributed by atoms with van der Waals surface area (Å²) < 4.78 is 10.7. The van der Waals surface area contributed by atoms with Crippen LogP contribution in [0, 0.1) is 13.8 Å². The van der Waals surface area contributed by atoms with Crippen LogP contribution >= 0.6 is 11.6 Å². The predicted octanol–water partition coefficient (Wildman–Crippen LogP) is 3.76. The maximum atomic E-state index is 12.0. The Balaban J connectivity index is 1.65. The van der Waals surface area contributed by atoms with E-state index in [9.17, 15) is 9.59 Å². The minimum atomic E-state index is -0.445. The average Bonchev–Trinajstić information content (AvgIpc) is 2.60. The Hall–Kier alpha value is -2.79. The minimum Gasteiger partial charge on any atom is -0.482 e.